The molecule has 0 aliphatic heterocycles. The molecule has 202 valence electrons. The van der Waals surface area contributed by atoms with Crippen LogP contribution in [0.3, 0.4) is 0 Å². The topological polar surface area (TPSA) is 30.7 Å². The van der Waals surface area contributed by atoms with E-state index in [0.717, 1.165) is 33.2 Å². The van der Waals surface area contributed by atoms with Crippen LogP contribution in [0.5, 0.6) is 0 Å². The molecular formula is C40H27N3. The van der Waals surface area contributed by atoms with Crippen molar-refractivity contribution >= 4 is 32.7 Å². The fraction of sp³-hybridized carbons (Fsp3) is 0.0500. The minimum atomic E-state index is -0.290. The predicted octanol–water partition coefficient (Wildman–Crippen LogP) is 9.73. The van der Waals surface area contributed by atoms with E-state index in [0.29, 0.717) is 5.95 Å². The third-order valence-electron chi connectivity index (χ3n) is 9.30. The molecule has 2 heterocycles. The highest BCUT2D eigenvalue weighted by Crippen LogP contribution is 2.54. The fourth-order valence-corrected chi connectivity index (χ4v) is 7.23. The standard InChI is InChI=1S/C40H27N3/c1-40(27-16-6-3-7-17-27)33-21-11-8-18-28(33)31-24-32-29-19-10-13-23-36(29)43(37(32)25-34(31)40)39-41-35-22-12-9-20-30(35)38(42-39)26-14-4-2-5-15-26/h2-25H,1H3. The van der Waals surface area contributed by atoms with Crippen LogP contribution in [0.2, 0.25) is 0 Å². The van der Waals surface area contributed by atoms with E-state index in [1.165, 1.54) is 38.6 Å². The van der Waals surface area contributed by atoms with E-state index in [-0.39, 0.29) is 5.41 Å². The van der Waals surface area contributed by atoms with E-state index in [1.807, 2.05) is 6.07 Å². The van der Waals surface area contributed by atoms with Crippen LogP contribution in [-0.4, -0.2) is 14.5 Å². The maximum absolute atomic E-state index is 5.29. The molecule has 2 aromatic heterocycles. The van der Waals surface area contributed by atoms with E-state index in [9.17, 15) is 0 Å². The number of hydrogen-bond acceptors (Lipinski definition) is 2. The molecule has 8 aromatic rings. The summed E-state index contributed by atoms with van der Waals surface area (Å²) in [5.74, 6) is 0.681. The molecule has 0 spiro atoms. The summed E-state index contributed by atoms with van der Waals surface area (Å²) in [6.07, 6.45) is 0. The van der Waals surface area contributed by atoms with Crippen molar-refractivity contribution in [2.45, 2.75) is 12.3 Å². The van der Waals surface area contributed by atoms with Crippen molar-refractivity contribution in [3.63, 3.8) is 0 Å². The number of hydrogen-bond donors (Lipinski definition) is 0. The molecule has 0 saturated heterocycles. The maximum Gasteiger partial charge on any atom is 0.235 e. The Balaban J connectivity index is 1.40. The van der Waals surface area contributed by atoms with Gasteiger partial charge in [-0.25, -0.2) is 9.97 Å². The molecule has 0 saturated carbocycles. The maximum atomic E-state index is 5.29. The van der Waals surface area contributed by atoms with E-state index in [4.69, 9.17) is 9.97 Å². The van der Waals surface area contributed by atoms with Crippen molar-refractivity contribution in [3.8, 4) is 28.3 Å². The predicted molar refractivity (Wildman–Crippen MR) is 177 cm³/mol. The second-order valence-electron chi connectivity index (χ2n) is 11.6. The number of para-hydroxylation sites is 2. The Morgan fingerprint density at radius 2 is 1.19 bits per heavy atom. The lowest BCUT2D eigenvalue weighted by Crippen LogP contribution is -2.22. The Bertz CT molecular complexity index is 2350. The van der Waals surface area contributed by atoms with Crippen LogP contribution in [0, 0.1) is 0 Å². The van der Waals surface area contributed by atoms with Gasteiger partial charge in [0.05, 0.1) is 22.2 Å². The van der Waals surface area contributed by atoms with Crippen LogP contribution in [0.4, 0.5) is 0 Å². The molecule has 0 bridgehead atoms. The molecule has 1 unspecified atom stereocenters. The zero-order valence-corrected chi connectivity index (χ0v) is 23.7. The first-order valence-corrected chi connectivity index (χ1v) is 14.8. The number of rotatable bonds is 3. The molecule has 0 amide bonds. The summed E-state index contributed by atoms with van der Waals surface area (Å²) in [4.78, 5) is 10.5. The molecule has 43 heavy (non-hydrogen) atoms. The molecule has 0 fully saturated rings. The first kappa shape index (κ1) is 24.1. The van der Waals surface area contributed by atoms with Gasteiger partial charge in [0.1, 0.15) is 0 Å². The lowest BCUT2D eigenvalue weighted by Gasteiger charge is -2.28. The van der Waals surface area contributed by atoms with Crippen molar-refractivity contribution < 1.29 is 0 Å². The third kappa shape index (κ3) is 3.36. The molecule has 0 radical (unpaired) electrons. The Morgan fingerprint density at radius 1 is 0.512 bits per heavy atom. The van der Waals surface area contributed by atoms with Gasteiger partial charge in [0.15, 0.2) is 0 Å². The summed E-state index contributed by atoms with van der Waals surface area (Å²) in [6.45, 7) is 2.37. The van der Waals surface area contributed by atoms with Crippen LogP contribution in [-0.2, 0) is 5.41 Å². The highest BCUT2D eigenvalue weighted by Gasteiger charge is 2.41. The molecule has 1 aliphatic rings. The third-order valence-corrected chi connectivity index (χ3v) is 9.30. The molecule has 1 aliphatic carbocycles. The quantitative estimate of drug-likeness (QED) is 0.220. The average molecular weight is 550 g/mol. The van der Waals surface area contributed by atoms with Crippen molar-refractivity contribution in [2.24, 2.45) is 0 Å². The van der Waals surface area contributed by atoms with Crippen molar-refractivity contribution in [1.82, 2.24) is 14.5 Å². The minimum absolute atomic E-state index is 0.290. The second-order valence-corrected chi connectivity index (χ2v) is 11.6. The molecule has 3 heteroatoms. The van der Waals surface area contributed by atoms with Gasteiger partial charge in [0.2, 0.25) is 5.95 Å². The summed E-state index contributed by atoms with van der Waals surface area (Å²) in [7, 11) is 0. The summed E-state index contributed by atoms with van der Waals surface area (Å²) in [5, 5.41) is 3.45. The van der Waals surface area contributed by atoms with Crippen molar-refractivity contribution in [2.75, 3.05) is 0 Å². The van der Waals surface area contributed by atoms with Gasteiger partial charge in [-0.15, -0.1) is 0 Å². The van der Waals surface area contributed by atoms with Gasteiger partial charge in [0, 0.05) is 27.1 Å². The minimum Gasteiger partial charge on any atom is -0.278 e. The Labute approximate surface area is 249 Å². The van der Waals surface area contributed by atoms with E-state index < -0.39 is 0 Å². The summed E-state index contributed by atoms with van der Waals surface area (Å²) in [5.41, 5.74) is 11.4. The van der Waals surface area contributed by atoms with Gasteiger partial charge >= 0.3 is 0 Å². The zero-order valence-electron chi connectivity index (χ0n) is 23.7. The Hall–Kier alpha value is -5.54. The first-order valence-electron chi connectivity index (χ1n) is 14.8. The second kappa shape index (κ2) is 8.98. The van der Waals surface area contributed by atoms with E-state index in [2.05, 4.69) is 151 Å². The van der Waals surface area contributed by atoms with Crippen LogP contribution >= 0.6 is 0 Å². The summed E-state index contributed by atoms with van der Waals surface area (Å²) >= 11 is 0. The molecule has 9 rings (SSSR count). The molecule has 6 aromatic carbocycles. The SMILES string of the molecule is CC1(c2ccccc2)c2ccccc2-c2cc3c4ccccc4n(-c4nc(-c5ccccc5)c5ccccc5n4)c3cc21. The number of fused-ring (bicyclic) bond motifs is 7. The molecule has 3 nitrogen and oxygen atoms in total. The zero-order chi connectivity index (χ0) is 28.5. The van der Waals surface area contributed by atoms with Crippen LogP contribution in [0.1, 0.15) is 23.6 Å². The number of benzene rings is 6. The van der Waals surface area contributed by atoms with Crippen LogP contribution in [0.25, 0.3) is 61.0 Å². The van der Waals surface area contributed by atoms with Crippen molar-refractivity contribution in [3.05, 3.63) is 162 Å². The van der Waals surface area contributed by atoms with Gasteiger partial charge < -0.3 is 0 Å². The highest BCUT2D eigenvalue weighted by atomic mass is 15.2. The molecular weight excluding hydrogens is 522 g/mol. The number of aromatic nitrogens is 3. The van der Waals surface area contributed by atoms with Crippen molar-refractivity contribution in [1.29, 1.82) is 0 Å². The molecule has 0 N–H and O–H groups in total. The monoisotopic (exact) mass is 549 g/mol. The largest absolute Gasteiger partial charge is 0.278 e. The summed E-state index contributed by atoms with van der Waals surface area (Å²) < 4.78 is 2.26. The normalized spacial score (nSPS) is 15.7. The lowest BCUT2D eigenvalue weighted by atomic mass is 9.74. The van der Waals surface area contributed by atoms with Gasteiger partial charge in [-0.1, -0.05) is 121 Å². The Kier molecular flexibility index (Phi) is 5.03. The highest BCUT2D eigenvalue weighted by molar-refractivity contribution is 6.11. The van der Waals surface area contributed by atoms with Crippen LogP contribution < -0.4 is 0 Å². The summed E-state index contributed by atoms with van der Waals surface area (Å²) in [6, 6.07) is 51.9. The smallest absolute Gasteiger partial charge is 0.235 e. The van der Waals surface area contributed by atoms with Gasteiger partial charge in [0.25, 0.3) is 0 Å². The van der Waals surface area contributed by atoms with Gasteiger partial charge in [-0.3, -0.25) is 4.57 Å². The lowest BCUT2D eigenvalue weighted by molar-refractivity contribution is 0.714. The Morgan fingerprint density at radius 3 is 2.02 bits per heavy atom. The van der Waals surface area contributed by atoms with E-state index >= 15 is 0 Å². The van der Waals surface area contributed by atoms with E-state index in [1.54, 1.807) is 0 Å². The van der Waals surface area contributed by atoms with Gasteiger partial charge in [-0.05, 0) is 59.0 Å². The molecule has 1 atom stereocenters. The van der Waals surface area contributed by atoms with Crippen LogP contribution in [0.15, 0.2) is 146 Å². The average Bonchev–Trinajstić information content (AvgIpc) is 3.54. The number of nitrogens with zero attached hydrogens (tertiary/aromatic N) is 3. The fourth-order valence-electron chi connectivity index (χ4n) is 7.23. The van der Waals surface area contributed by atoms with Gasteiger partial charge in [-0.2, -0.15) is 0 Å². The first-order chi connectivity index (χ1) is 21.2.